The van der Waals surface area contributed by atoms with Crippen molar-refractivity contribution < 1.29 is 0 Å². The fourth-order valence-corrected chi connectivity index (χ4v) is 2.26. The molecule has 1 heterocycles. The molecule has 1 aromatic heterocycles. The van der Waals surface area contributed by atoms with Gasteiger partial charge in [0.25, 0.3) is 5.56 Å². The monoisotopic (exact) mass is 210 g/mol. The average molecular weight is 210 g/mol. The summed E-state index contributed by atoms with van der Waals surface area (Å²) >= 11 is 0. The molecule has 0 radical (unpaired) electrons. The molecule has 0 amide bonds. The minimum absolute atomic E-state index is 0.180. The van der Waals surface area contributed by atoms with Crippen molar-refractivity contribution in [2.24, 2.45) is 0 Å². The van der Waals surface area contributed by atoms with Gasteiger partial charge in [0.1, 0.15) is 0 Å². The van der Waals surface area contributed by atoms with E-state index in [0.29, 0.717) is 5.92 Å². The van der Waals surface area contributed by atoms with Gasteiger partial charge in [-0.1, -0.05) is 13.8 Å². The molecule has 3 nitrogen and oxygen atoms in total. The summed E-state index contributed by atoms with van der Waals surface area (Å²) < 4.78 is 3.95. The van der Waals surface area contributed by atoms with E-state index in [1.54, 1.807) is 0 Å². The van der Waals surface area contributed by atoms with E-state index in [4.69, 9.17) is 0 Å². The largest absolute Gasteiger partial charge is 0.287 e. The van der Waals surface area contributed by atoms with Crippen molar-refractivity contribution in [1.29, 1.82) is 0 Å². The van der Waals surface area contributed by atoms with Crippen LogP contribution in [0.15, 0.2) is 4.79 Å². The van der Waals surface area contributed by atoms with E-state index in [2.05, 4.69) is 39.3 Å². The Morgan fingerprint density at radius 2 is 1.73 bits per heavy atom. The highest BCUT2D eigenvalue weighted by atomic mass is 16.1. The summed E-state index contributed by atoms with van der Waals surface area (Å²) in [6.07, 6.45) is 0. The zero-order valence-corrected chi connectivity index (χ0v) is 10.7. The Bertz CT molecular complexity index is 396. The van der Waals surface area contributed by atoms with Crippen molar-refractivity contribution in [2.45, 2.75) is 60.0 Å². The summed E-state index contributed by atoms with van der Waals surface area (Å²) in [6.45, 7) is 13.2. The predicted molar refractivity (Wildman–Crippen MR) is 63.6 cm³/mol. The van der Waals surface area contributed by atoms with Gasteiger partial charge in [0.2, 0.25) is 0 Å². The van der Waals surface area contributed by atoms with Crippen LogP contribution >= 0.6 is 0 Å². The molecule has 0 fully saturated rings. The van der Waals surface area contributed by atoms with Gasteiger partial charge >= 0.3 is 0 Å². The fourth-order valence-electron chi connectivity index (χ4n) is 2.26. The van der Waals surface area contributed by atoms with E-state index >= 15 is 0 Å². The van der Waals surface area contributed by atoms with Crippen LogP contribution in [0.25, 0.3) is 0 Å². The van der Waals surface area contributed by atoms with Gasteiger partial charge in [0, 0.05) is 23.8 Å². The molecule has 0 aliphatic rings. The van der Waals surface area contributed by atoms with Gasteiger partial charge in [0.15, 0.2) is 0 Å². The summed E-state index contributed by atoms with van der Waals surface area (Å²) in [6, 6.07) is 0.226. The van der Waals surface area contributed by atoms with Crippen molar-refractivity contribution in [3.8, 4) is 0 Å². The van der Waals surface area contributed by atoms with Crippen LogP contribution in [0.1, 0.15) is 57.8 Å². The first-order valence-corrected chi connectivity index (χ1v) is 5.73. The second-order valence-electron chi connectivity index (χ2n) is 4.61. The van der Waals surface area contributed by atoms with Gasteiger partial charge in [0.05, 0.1) is 0 Å². The highest BCUT2D eigenvalue weighted by Gasteiger charge is 2.19. The van der Waals surface area contributed by atoms with Crippen molar-refractivity contribution >= 4 is 0 Å². The molecular weight excluding hydrogens is 188 g/mol. The van der Waals surface area contributed by atoms with Crippen LogP contribution in [0, 0.1) is 6.92 Å². The van der Waals surface area contributed by atoms with Crippen molar-refractivity contribution in [3.63, 3.8) is 0 Å². The van der Waals surface area contributed by atoms with E-state index < -0.39 is 0 Å². The number of aromatic nitrogens is 2. The third-order valence-electron chi connectivity index (χ3n) is 2.84. The van der Waals surface area contributed by atoms with Gasteiger partial charge in [-0.3, -0.25) is 9.48 Å². The summed E-state index contributed by atoms with van der Waals surface area (Å²) in [7, 11) is 0. The summed E-state index contributed by atoms with van der Waals surface area (Å²) in [5.41, 5.74) is 2.26. The lowest BCUT2D eigenvalue weighted by Gasteiger charge is -2.14. The predicted octanol–water partition coefficient (Wildman–Crippen LogP) is 2.68. The van der Waals surface area contributed by atoms with Gasteiger partial charge < -0.3 is 0 Å². The molecule has 0 saturated heterocycles. The Hall–Kier alpha value is -0.990. The van der Waals surface area contributed by atoms with E-state index in [0.717, 1.165) is 17.8 Å². The highest BCUT2D eigenvalue weighted by molar-refractivity contribution is 5.21. The maximum Gasteiger partial charge on any atom is 0.270 e. The first kappa shape index (κ1) is 12.1. The number of rotatable bonds is 3. The molecule has 0 N–H and O–H groups in total. The molecule has 0 bridgehead atoms. The van der Waals surface area contributed by atoms with Crippen molar-refractivity contribution in [3.05, 3.63) is 21.6 Å². The third kappa shape index (κ3) is 1.87. The van der Waals surface area contributed by atoms with Crippen LogP contribution in [-0.2, 0) is 6.54 Å². The zero-order valence-electron chi connectivity index (χ0n) is 10.7. The quantitative estimate of drug-likeness (QED) is 0.753. The van der Waals surface area contributed by atoms with Crippen molar-refractivity contribution in [2.75, 3.05) is 0 Å². The lowest BCUT2D eigenvalue weighted by molar-refractivity contribution is 0.404. The van der Waals surface area contributed by atoms with E-state index in [9.17, 15) is 4.79 Å². The molecule has 86 valence electrons. The summed E-state index contributed by atoms with van der Waals surface area (Å²) in [4.78, 5) is 12.2. The van der Waals surface area contributed by atoms with Crippen LogP contribution in [0.2, 0.25) is 0 Å². The molecular formula is C12H22N2O. The second-order valence-corrected chi connectivity index (χ2v) is 4.61. The topological polar surface area (TPSA) is 26.9 Å². The van der Waals surface area contributed by atoms with Crippen LogP contribution in [0.4, 0.5) is 0 Å². The SMILES string of the molecule is CCn1c(C)c(C(C)C)c(=O)n1C(C)C. The van der Waals surface area contributed by atoms with Gasteiger partial charge in [-0.15, -0.1) is 0 Å². The lowest BCUT2D eigenvalue weighted by Crippen LogP contribution is -2.26. The van der Waals surface area contributed by atoms with E-state index in [1.165, 1.54) is 0 Å². The summed E-state index contributed by atoms with van der Waals surface area (Å²) in [5.74, 6) is 0.301. The number of hydrogen-bond acceptors (Lipinski definition) is 1. The Kier molecular flexibility index (Phi) is 3.42. The smallest absolute Gasteiger partial charge is 0.270 e. The minimum Gasteiger partial charge on any atom is -0.287 e. The molecule has 0 aliphatic heterocycles. The highest BCUT2D eigenvalue weighted by Crippen LogP contribution is 2.17. The molecule has 1 aromatic rings. The minimum atomic E-state index is 0.180. The van der Waals surface area contributed by atoms with Gasteiger partial charge in [-0.2, -0.15) is 0 Å². The van der Waals surface area contributed by atoms with Crippen LogP contribution in [0.5, 0.6) is 0 Å². The first-order valence-electron chi connectivity index (χ1n) is 5.73. The van der Waals surface area contributed by atoms with E-state index in [1.807, 2.05) is 11.6 Å². The lowest BCUT2D eigenvalue weighted by atomic mass is 10.0. The molecule has 15 heavy (non-hydrogen) atoms. The molecule has 0 aromatic carbocycles. The Labute approximate surface area is 91.7 Å². The summed E-state index contributed by atoms with van der Waals surface area (Å²) in [5, 5.41) is 0. The van der Waals surface area contributed by atoms with Crippen LogP contribution in [0.3, 0.4) is 0 Å². The maximum atomic E-state index is 12.2. The standard InChI is InChI=1S/C12H22N2O/c1-7-13-10(6)11(8(2)3)12(15)14(13)9(4)5/h8-9H,7H2,1-6H3. The zero-order chi connectivity index (χ0) is 11.7. The fraction of sp³-hybridized carbons (Fsp3) is 0.750. The number of hydrogen-bond donors (Lipinski definition) is 0. The third-order valence-corrected chi connectivity index (χ3v) is 2.84. The first-order chi connectivity index (χ1) is 6.91. The molecule has 0 atom stereocenters. The Morgan fingerprint density at radius 3 is 2.00 bits per heavy atom. The maximum absolute atomic E-state index is 12.2. The molecule has 0 unspecified atom stereocenters. The van der Waals surface area contributed by atoms with E-state index in [-0.39, 0.29) is 11.6 Å². The normalized spacial score (nSPS) is 11.7. The molecule has 0 saturated carbocycles. The van der Waals surface area contributed by atoms with Crippen LogP contribution < -0.4 is 5.56 Å². The molecule has 0 aliphatic carbocycles. The Balaban J connectivity index is 3.53. The van der Waals surface area contributed by atoms with Gasteiger partial charge in [-0.25, -0.2) is 4.68 Å². The van der Waals surface area contributed by atoms with Crippen LogP contribution in [-0.4, -0.2) is 9.36 Å². The second kappa shape index (κ2) is 4.25. The Morgan fingerprint density at radius 1 is 1.20 bits per heavy atom. The molecule has 0 spiro atoms. The number of nitrogens with zero attached hydrogens (tertiary/aromatic N) is 2. The van der Waals surface area contributed by atoms with Crippen molar-refractivity contribution in [1.82, 2.24) is 9.36 Å². The molecule has 3 heteroatoms. The average Bonchev–Trinajstić information content (AvgIpc) is 2.36. The molecule has 1 rings (SSSR count). The van der Waals surface area contributed by atoms with Gasteiger partial charge in [-0.05, 0) is 33.6 Å².